The monoisotopic (exact) mass is 259 g/mol. The molecule has 100 valence electrons. The van der Waals surface area contributed by atoms with Crippen LogP contribution in [0.1, 0.15) is 18.4 Å². The van der Waals surface area contributed by atoms with Gasteiger partial charge in [0.2, 0.25) is 5.95 Å². The van der Waals surface area contributed by atoms with Gasteiger partial charge in [-0.1, -0.05) is 22.8 Å². The molecule has 0 radical (unpaired) electrons. The summed E-state index contributed by atoms with van der Waals surface area (Å²) in [4.78, 5) is 2.04. The molecule has 0 saturated carbocycles. The molecule has 6 nitrogen and oxygen atoms in total. The first kappa shape index (κ1) is 12.1. The lowest BCUT2D eigenvalue weighted by Gasteiger charge is -2.30. The second-order valence-electron chi connectivity index (χ2n) is 4.97. The molecule has 0 bridgehead atoms. The summed E-state index contributed by atoms with van der Waals surface area (Å²) < 4.78 is 1.72. The number of aliphatic hydroxyl groups is 1. The molecule has 1 saturated heterocycles. The lowest BCUT2D eigenvalue weighted by Crippen LogP contribution is -2.39. The van der Waals surface area contributed by atoms with E-state index in [4.69, 9.17) is 0 Å². The van der Waals surface area contributed by atoms with Gasteiger partial charge in [-0.05, 0) is 42.3 Å². The molecule has 1 aromatic heterocycles. The average Bonchev–Trinajstić information content (AvgIpc) is 2.89. The summed E-state index contributed by atoms with van der Waals surface area (Å²) in [6.07, 6.45) is 1.52. The number of rotatable bonds is 2. The lowest BCUT2D eigenvalue weighted by atomic mass is 10.1. The molecule has 1 aliphatic heterocycles. The number of benzene rings is 1. The van der Waals surface area contributed by atoms with Crippen LogP contribution in [-0.4, -0.2) is 44.5 Å². The van der Waals surface area contributed by atoms with Crippen molar-refractivity contribution in [2.75, 3.05) is 18.0 Å². The number of aromatic nitrogens is 4. The van der Waals surface area contributed by atoms with Crippen LogP contribution in [0.3, 0.4) is 0 Å². The van der Waals surface area contributed by atoms with Gasteiger partial charge in [0.1, 0.15) is 0 Å². The van der Waals surface area contributed by atoms with Crippen molar-refractivity contribution in [2.24, 2.45) is 0 Å². The highest BCUT2D eigenvalue weighted by molar-refractivity contribution is 5.42. The Hall–Kier alpha value is -1.95. The van der Waals surface area contributed by atoms with Crippen molar-refractivity contribution >= 4 is 5.95 Å². The van der Waals surface area contributed by atoms with E-state index >= 15 is 0 Å². The van der Waals surface area contributed by atoms with Gasteiger partial charge in [-0.2, -0.15) is 4.68 Å². The molecule has 0 unspecified atom stereocenters. The molecule has 1 aliphatic rings. The van der Waals surface area contributed by atoms with E-state index < -0.39 is 0 Å². The summed E-state index contributed by atoms with van der Waals surface area (Å²) in [5.41, 5.74) is 2.14. The Labute approximate surface area is 111 Å². The number of nitrogens with zero attached hydrogens (tertiary/aromatic N) is 5. The topological polar surface area (TPSA) is 67.1 Å². The van der Waals surface area contributed by atoms with Crippen LogP contribution in [0.5, 0.6) is 0 Å². The highest BCUT2D eigenvalue weighted by atomic mass is 16.3. The first-order chi connectivity index (χ1) is 9.24. The molecule has 3 rings (SSSR count). The maximum Gasteiger partial charge on any atom is 0.250 e. The molecular formula is C13H17N5O. The highest BCUT2D eigenvalue weighted by Crippen LogP contribution is 2.20. The van der Waals surface area contributed by atoms with Crippen LogP contribution in [0.25, 0.3) is 5.69 Å². The molecule has 1 atom stereocenters. The number of aryl methyl sites for hydroxylation is 1. The number of tetrazole rings is 1. The van der Waals surface area contributed by atoms with E-state index in [2.05, 4.69) is 15.5 Å². The van der Waals surface area contributed by atoms with Crippen molar-refractivity contribution in [1.29, 1.82) is 0 Å². The van der Waals surface area contributed by atoms with Crippen molar-refractivity contribution in [2.45, 2.75) is 25.9 Å². The zero-order valence-corrected chi connectivity index (χ0v) is 10.9. The lowest BCUT2D eigenvalue weighted by molar-refractivity contribution is 0.153. The number of piperidine rings is 1. The van der Waals surface area contributed by atoms with Crippen molar-refractivity contribution in [3.63, 3.8) is 0 Å². The number of hydrogen-bond acceptors (Lipinski definition) is 5. The predicted octanol–water partition coefficient (Wildman–Crippen LogP) is 0.932. The van der Waals surface area contributed by atoms with Crippen LogP contribution in [0.2, 0.25) is 0 Å². The molecule has 1 N–H and O–H groups in total. The van der Waals surface area contributed by atoms with E-state index in [0.717, 1.165) is 25.1 Å². The van der Waals surface area contributed by atoms with E-state index in [1.165, 1.54) is 5.56 Å². The summed E-state index contributed by atoms with van der Waals surface area (Å²) in [5.74, 6) is 0.697. The summed E-state index contributed by atoms with van der Waals surface area (Å²) in [5, 5.41) is 21.7. The van der Waals surface area contributed by atoms with Crippen molar-refractivity contribution < 1.29 is 5.11 Å². The third-order valence-corrected chi connectivity index (χ3v) is 3.41. The Bertz CT molecular complexity index is 550. The fourth-order valence-electron chi connectivity index (χ4n) is 2.37. The molecule has 19 heavy (non-hydrogen) atoms. The van der Waals surface area contributed by atoms with Crippen molar-refractivity contribution in [3.8, 4) is 5.69 Å². The molecule has 2 heterocycles. The molecule has 1 fully saturated rings. The second-order valence-corrected chi connectivity index (χ2v) is 4.97. The average molecular weight is 259 g/mol. The Morgan fingerprint density at radius 1 is 1.26 bits per heavy atom. The van der Waals surface area contributed by atoms with Crippen LogP contribution in [0.15, 0.2) is 24.3 Å². The van der Waals surface area contributed by atoms with Gasteiger partial charge < -0.3 is 10.0 Å². The van der Waals surface area contributed by atoms with Gasteiger partial charge in [-0.3, -0.25) is 0 Å². The maximum absolute atomic E-state index is 9.76. The van der Waals surface area contributed by atoms with Crippen LogP contribution in [-0.2, 0) is 0 Å². The van der Waals surface area contributed by atoms with Gasteiger partial charge in [0.25, 0.3) is 0 Å². The minimum Gasteiger partial charge on any atom is -0.391 e. The number of aliphatic hydroxyl groups excluding tert-OH is 1. The Morgan fingerprint density at radius 3 is 2.79 bits per heavy atom. The van der Waals surface area contributed by atoms with Crippen LogP contribution >= 0.6 is 0 Å². The predicted molar refractivity (Wildman–Crippen MR) is 71.3 cm³/mol. The second kappa shape index (κ2) is 4.97. The molecule has 2 aromatic rings. The van der Waals surface area contributed by atoms with Gasteiger partial charge in [-0.25, -0.2) is 0 Å². The Kier molecular flexibility index (Phi) is 3.16. The quantitative estimate of drug-likeness (QED) is 0.869. The summed E-state index contributed by atoms with van der Waals surface area (Å²) >= 11 is 0. The van der Waals surface area contributed by atoms with Gasteiger partial charge in [0, 0.05) is 13.1 Å². The number of hydrogen-bond donors (Lipinski definition) is 1. The zero-order chi connectivity index (χ0) is 13.2. The molecule has 6 heteroatoms. The summed E-state index contributed by atoms with van der Waals surface area (Å²) in [7, 11) is 0. The third kappa shape index (κ3) is 2.44. The first-order valence-corrected chi connectivity index (χ1v) is 6.52. The zero-order valence-electron chi connectivity index (χ0n) is 10.9. The highest BCUT2D eigenvalue weighted by Gasteiger charge is 2.22. The Balaban J connectivity index is 1.91. The van der Waals surface area contributed by atoms with E-state index in [9.17, 15) is 5.11 Å². The van der Waals surface area contributed by atoms with Crippen LogP contribution in [0.4, 0.5) is 5.95 Å². The maximum atomic E-state index is 9.76. The molecular weight excluding hydrogens is 242 g/mol. The van der Waals surface area contributed by atoms with Gasteiger partial charge in [0.15, 0.2) is 0 Å². The minimum absolute atomic E-state index is 0.295. The van der Waals surface area contributed by atoms with E-state index in [1.807, 2.05) is 36.1 Å². The first-order valence-electron chi connectivity index (χ1n) is 6.52. The van der Waals surface area contributed by atoms with E-state index in [0.29, 0.717) is 12.5 Å². The van der Waals surface area contributed by atoms with Crippen LogP contribution in [0, 0.1) is 6.92 Å². The molecule has 1 aromatic carbocycles. The van der Waals surface area contributed by atoms with Gasteiger partial charge in [0.05, 0.1) is 11.8 Å². The SMILES string of the molecule is Cc1ccc(-n2nnnc2N2CCC[C@@H](O)C2)cc1. The fourth-order valence-corrected chi connectivity index (χ4v) is 2.37. The van der Waals surface area contributed by atoms with E-state index in [1.54, 1.807) is 4.68 Å². The largest absolute Gasteiger partial charge is 0.391 e. The van der Waals surface area contributed by atoms with Crippen molar-refractivity contribution in [3.05, 3.63) is 29.8 Å². The number of anilines is 1. The van der Waals surface area contributed by atoms with E-state index in [-0.39, 0.29) is 6.10 Å². The third-order valence-electron chi connectivity index (χ3n) is 3.41. The van der Waals surface area contributed by atoms with Gasteiger partial charge >= 0.3 is 0 Å². The number of β-amino-alcohol motifs (C(OH)–C–C–N with tert-alkyl or cyclic N) is 1. The van der Waals surface area contributed by atoms with Crippen molar-refractivity contribution in [1.82, 2.24) is 20.2 Å². The molecule has 0 amide bonds. The van der Waals surface area contributed by atoms with Crippen LogP contribution < -0.4 is 4.90 Å². The normalized spacial score (nSPS) is 19.7. The molecule has 0 spiro atoms. The Morgan fingerprint density at radius 2 is 2.05 bits per heavy atom. The fraction of sp³-hybridized carbons (Fsp3) is 0.462. The van der Waals surface area contributed by atoms with Gasteiger partial charge in [-0.15, -0.1) is 0 Å². The minimum atomic E-state index is -0.295. The molecule has 0 aliphatic carbocycles. The standard InChI is InChI=1S/C13H17N5O/c1-10-4-6-11(7-5-10)18-13(14-15-16-18)17-8-2-3-12(19)9-17/h4-7,12,19H,2-3,8-9H2,1H3/t12-/m1/s1. The summed E-state index contributed by atoms with van der Waals surface area (Å²) in [6, 6.07) is 8.06. The smallest absolute Gasteiger partial charge is 0.250 e. The summed E-state index contributed by atoms with van der Waals surface area (Å²) in [6.45, 7) is 3.51.